The first kappa shape index (κ1) is 25.6. The highest BCUT2D eigenvalue weighted by Crippen LogP contribution is 2.35. The SMILES string of the molecule is COc1cc2cc([C@H](c3nnnn3C(C)(C)C)N3CC=C(c4ccc(F)cc4)CC3)c(=O)[nH]c2cc1OC. The Hall–Kier alpha value is -4.05. The molecule has 1 aliphatic rings. The van der Waals surface area contributed by atoms with Crippen LogP contribution in [0.3, 0.4) is 0 Å². The van der Waals surface area contributed by atoms with Gasteiger partial charge in [0, 0.05) is 30.1 Å². The van der Waals surface area contributed by atoms with E-state index in [1.807, 2.05) is 32.9 Å². The van der Waals surface area contributed by atoms with Gasteiger partial charge in [-0.25, -0.2) is 9.07 Å². The number of tetrazole rings is 1. The summed E-state index contributed by atoms with van der Waals surface area (Å²) in [4.78, 5) is 18.8. The summed E-state index contributed by atoms with van der Waals surface area (Å²) in [6.45, 7) is 7.30. The summed E-state index contributed by atoms with van der Waals surface area (Å²) in [6, 6.07) is 11.5. The Labute approximate surface area is 219 Å². The molecular weight excluding hydrogens is 487 g/mol. The number of ether oxygens (including phenoxy) is 2. The van der Waals surface area contributed by atoms with E-state index in [1.54, 1.807) is 37.1 Å². The van der Waals surface area contributed by atoms with Crippen molar-refractivity contribution in [2.45, 2.75) is 38.8 Å². The molecule has 0 saturated carbocycles. The van der Waals surface area contributed by atoms with Crippen LogP contribution in [0.4, 0.5) is 4.39 Å². The molecule has 0 unspecified atom stereocenters. The molecule has 10 heteroatoms. The van der Waals surface area contributed by atoms with Crippen LogP contribution in [0.2, 0.25) is 0 Å². The number of nitrogens with zero attached hydrogens (tertiary/aromatic N) is 5. The van der Waals surface area contributed by atoms with Gasteiger partial charge < -0.3 is 14.5 Å². The molecular formula is C28H31FN6O3. The minimum absolute atomic E-state index is 0.230. The van der Waals surface area contributed by atoms with Gasteiger partial charge in [0.05, 0.1) is 25.3 Å². The van der Waals surface area contributed by atoms with E-state index in [-0.39, 0.29) is 11.4 Å². The third-order valence-corrected chi connectivity index (χ3v) is 6.87. The van der Waals surface area contributed by atoms with E-state index in [0.717, 1.165) is 22.9 Å². The maximum absolute atomic E-state index is 13.6. The molecule has 1 aliphatic heterocycles. The average Bonchev–Trinajstić information content (AvgIpc) is 3.40. The molecule has 0 saturated heterocycles. The number of H-pyrrole nitrogens is 1. The quantitative estimate of drug-likeness (QED) is 0.406. The molecule has 3 heterocycles. The first-order chi connectivity index (χ1) is 18.2. The van der Waals surface area contributed by atoms with Crippen molar-refractivity contribution in [2.75, 3.05) is 27.3 Å². The van der Waals surface area contributed by atoms with E-state index in [9.17, 15) is 9.18 Å². The summed E-state index contributed by atoms with van der Waals surface area (Å²) in [5, 5.41) is 13.5. The summed E-state index contributed by atoms with van der Waals surface area (Å²) in [6.07, 6.45) is 2.85. The minimum Gasteiger partial charge on any atom is -0.493 e. The second-order valence-electron chi connectivity index (χ2n) is 10.4. The molecule has 4 aromatic rings. The van der Waals surface area contributed by atoms with Crippen LogP contribution in [0.15, 0.2) is 53.3 Å². The van der Waals surface area contributed by atoms with E-state index in [1.165, 1.54) is 12.1 Å². The van der Waals surface area contributed by atoms with Gasteiger partial charge in [0.25, 0.3) is 5.56 Å². The molecule has 0 fully saturated rings. The number of aromatic nitrogens is 5. The fourth-order valence-electron chi connectivity index (χ4n) is 4.94. The number of hydrogen-bond donors (Lipinski definition) is 1. The number of methoxy groups -OCH3 is 2. The van der Waals surface area contributed by atoms with Gasteiger partial charge in [-0.05, 0) is 73.0 Å². The molecule has 38 heavy (non-hydrogen) atoms. The molecule has 0 spiro atoms. The summed E-state index contributed by atoms with van der Waals surface area (Å²) in [5.74, 6) is 1.43. The van der Waals surface area contributed by atoms with Crippen molar-refractivity contribution in [3.05, 3.63) is 81.7 Å². The van der Waals surface area contributed by atoms with Crippen molar-refractivity contribution in [1.82, 2.24) is 30.1 Å². The molecule has 5 rings (SSSR count). The maximum Gasteiger partial charge on any atom is 0.253 e. The Morgan fingerprint density at radius 2 is 1.76 bits per heavy atom. The Kier molecular flexibility index (Phi) is 6.75. The number of nitrogens with one attached hydrogen (secondary N) is 1. The van der Waals surface area contributed by atoms with Gasteiger partial charge in [-0.15, -0.1) is 5.10 Å². The van der Waals surface area contributed by atoms with Gasteiger partial charge in [-0.3, -0.25) is 9.69 Å². The molecule has 2 aromatic carbocycles. The molecule has 0 radical (unpaired) electrons. The Balaban J connectivity index is 1.62. The molecule has 1 N–H and O–H groups in total. The lowest BCUT2D eigenvalue weighted by atomic mass is 9.96. The third-order valence-electron chi connectivity index (χ3n) is 6.87. The van der Waals surface area contributed by atoms with Gasteiger partial charge in [-0.2, -0.15) is 0 Å². The fraction of sp³-hybridized carbons (Fsp3) is 0.357. The zero-order chi connectivity index (χ0) is 27.0. The Morgan fingerprint density at radius 3 is 2.39 bits per heavy atom. The highest BCUT2D eigenvalue weighted by Gasteiger charge is 2.34. The number of benzene rings is 2. The number of halogens is 1. The number of pyridine rings is 1. The van der Waals surface area contributed by atoms with Gasteiger partial charge in [0.15, 0.2) is 17.3 Å². The van der Waals surface area contributed by atoms with Crippen LogP contribution in [0, 0.1) is 5.82 Å². The topological polar surface area (TPSA) is 98.2 Å². The Morgan fingerprint density at radius 1 is 1.05 bits per heavy atom. The fourth-order valence-corrected chi connectivity index (χ4v) is 4.94. The van der Waals surface area contributed by atoms with Gasteiger partial charge in [0.1, 0.15) is 11.9 Å². The van der Waals surface area contributed by atoms with Crippen molar-refractivity contribution in [1.29, 1.82) is 0 Å². The minimum atomic E-state index is -0.503. The maximum atomic E-state index is 13.6. The Bertz CT molecular complexity index is 1550. The zero-order valence-corrected chi connectivity index (χ0v) is 22.2. The van der Waals surface area contributed by atoms with Crippen molar-refractivity contribution >= 4 is 16.5 Å². The van der Waals surface area contributed by atoms with Crippen LogP contribution in [0.5, 0.6) is 11.5 Å². The largest absolute Gasteiger partial charge is 0.493 e. The van der Waals surface area contributed by atoms with Crippen LogP contribution >= 0.6 is 0 Å². The molecule has 0 aliphatic carbocycles. The molecule has 0 bridgehead atoms. The normalized spacial score (nSPS) is 15.4. The number of fused-ring (bicyclic) bond motifs is 1. The predicted molar refractivity (Wildman–Crippen MR) is 143 cm³/mol. The van der Waals surface area contributed by atoms with Crippen LogP contribution in [0.1, 0.15) is 50.2 Å². The molecule has 9 nitrogen and oxygen atoms in total. The van der Waals surface area contributed by atoms with Crippen molar-refractivity contribution in [3.8, 4) is 11.5 Å². The molecule has 198 valence electrons. The van der Waals surface area contributed by atoms with Gasteiger partial charge in [-0.1, -0.05) is 18.2 Å². The van der Waals surface area contributed by atoms with Gasteiger partial charge >= 0.3 is 0 Å². The van der Waals surface area contributed by atoms with Crippen molar-refractivity contribution in [3.63, 3.8) is 0 Å². The van der Waals surface area contributed by atoms with Crippen LogP contribution in [-0.2, 0) is 5.54 Å². The van der Waals surface area contributed by atoms with Crippen LogP contribution in [0.25, 0.3) is 16.5 Å². The summed E-state index contributed by atoms with van der Waals surface area (Å²) < 4.78 is 26.1. The second kappa shape index (κ2) is 10.0. The van der Waals surface area contributed by atoms with E-state index >= 15 is 0 Å². The number of hydrogen-bond acceptors (Lipinski definition) is 7. The smallest absolute Gasteiger partial charge is 0.253 e. The first-order valence-corrected chi connectivity index (χ1v) is 12.5. The second-order valence-corrected chi connectivity index (χ2v) is 10.4. The predicted octanol–water partition coefficient (Wildman–Crippen LogP) is 4.30. The van der Waals surface area contributed by atoms with Crippen LogP contribution < -0.4 is 15.0 Å². The van der Waals surface area contributed by atoms with E-state index in [4.69, 9.17) is 9.47 Å². The average molecular weight is 519 g/mol. The molecule has 2 aromatic heterocycles. The zero-order valence-electron chi connectivity index (χ0n) is 22.2. The standard InChI is InChI=1S/C28H31FN6O3/c1-28(2,3)35-26(31-32-33-35)25(34-12-10-18(11-13-34)17-6-8-20(29)9-7-17)21-14-19-15-23(37-4)24(38-5)16-22(19)30-27(21)36/h6-10,14-16,25H,11-13H2,1-5H3,(H,30,36)/t25-/m1/s1. The summed E-state index contributed by atoms with van der Waals surface area (Å²) >= 11 is 0. The molecule has 0 amide bonds. The van der Waals surface area contributed by atoms with E-state index < -0.39 is 11.6 Å². The lowest BCUT2D eigenvalue weighted by molar-refractivity contribution is 0.219. The van der Waals surface area contributed by atoms with E-state index in [0.29, 0.717) is 41.5 Å². The van der Waals surface area contributed by atoms with Crippen molar-refractivity contribution in [2.24, 2.45) is 0 Å². The van der Waals surface area contributed by atoms with Crippen molar-refractivity contribution < 1.29 is 13.9 Å². The molecule has 1 atom stereocenters. The number of rotatable bonds is 6. The summed E-state index contributed by atoms with van der Waals surface area (Å²) in [7, 11) is 3.14. The monoisotopic (exact) mass is 518 g/mol. The van der Waals surface area contributed by atoms with Crippen LogP contribution in [-0.4, -0.2) is 57.4 Å². The van der Waals surface area contributed by atoms with E-state index in [2.05, 4.69) is 31.5 Å². The lowest BCUT2D eigenvalue weighted by Crippen LogP contribution is -2.39. The van der Waals surface area contributed by atoms with Gasteiger partial charge in [0.2, 0.25) is 0 Å². The highest BCUT2D eigenvalue weighted by atomic mass is 19.1. The number of aromatic amines is 1. The first-order valence-electron chi connectivity index (χ1n) is 12.5. The lowest BCUT2D eigenvalue weighted by Gasteiger charge is -2.34. The highest BCUT2D eigenvalue weighted by molar-refractivity contribution is 5.83. The summed E-state index contributed by atoms with van der Waals surface area (Å²) in [5.41, 5.74) is 2.67. The third kappa shape index (κ3) is 4.79.